The first-order valence-corrected chi connectivity index (χ1v) is 7.40. The van der Waals surface area contributed by atoms with E-state index in [0.717, 1.165) is 12.8 Å². The minimum absolute atomic E-state index is 0.706. The third-order valence-electron chi connectivity index (χ3n) is 3.06. The van der Waals surface area contributed by atoms with Gasteiger partial charge in [0.25, 0.3) is 0 Å². The van der Waals surface area contributed by atoms with Crippen LogP contribution in [0.2, 0.25) is 0 Å². The van der Waals surface area contributed by atoms with Crippen molar-refractivity contribution in [3.8, 4) is 5.75 Å². The lowest BCUT2D eigenvalue weighted by atomic mass is 10.1. The Hall–Kier alpha value is -1.44. The summed E-state index contributed by atoms with van der Waals surface area (Å²) in [4.78, 5) is 10.4. The molecule has 0 radical (unpaired) electrons. The molecule has 0 spiro atoms. The van der Waals surface area contributed by atoms with E-state index >= 15 is 0 Å². The molecule has 0 saturated heterocycles. The van der Waals surface area contributed by atoms with E-state index in [0.29, 0.717) is 11.5 Å². The Morgan fingerprint density at radius 1 is 0.947 bits per heavy atom. The van der Waals surface area contributed by atoms with Crippen LogP contribution in [0.4, 0.5) is 0 Å². The van der Waals surface area contributed by atoms with Crippen LogP contribution in [0.25, 0.3) is 0 Å². The van der Waals surface area contributed by atoms with E-state index in [9.17, 15) is 0 Å². The normalized spacial score (nSPS) is 10.2. The van der Waals surface area contributed by atoms with Crippen LogP contribution in [0.3, 0.4) is 0 Å². The first-order valence-electron chi connectivity index (χ1n) is 7.40. The number of unbranched alkanes of at least 4 members (excludes halogenated alkanes) is 6. The molecule has 106 valence electrons. The molecule has 1 aromatic rings. The molecule has 0 aliphatic heterocycles. The second-order valence-corrected chi connectivity index (χ2v) is 4.89. The third-order valence-corrected chi connectivity index (χ3v) is 3.06. The number of allylic oxidation sites excluding steroid dienone is 1. The Bertz CT molecular complexity index is 332. The molecular weight excluding hydrogens is 236 g/mol. The van der Waals surface area contributed by atoms with Gasteiger partial charge in [0.1, 0.15) is 5.76 Å². The molecule has 0 amide bonds. The van der Waals surface area contributed by atoms with Gasteiger partial charge in [0.15, 0.2) is 5.75 Å². The second kappa shape index (κ2) is 10.5. The zero-order valence-electron chi connectivity index (χ0n) is 12.1. The monoisotopic (exact) mass is 262 g/mol. The molecule has 0 bridgehead atoms. The lowest BCUT2D eigenvalue weighted by molar-refractivity contribution is -0.168. The van der Waals surface area contributed by atoms with E-state index in [4.69, 9.17) is 9.78 Å². The Kier molecular flexibility index (Phi) is 8.61. The van der Waals surface area contributed by atoms with Gasteiger partial charge in [0, 0.05) is 6.42 Å². The van der Waals surface area contributed by atoms with Crippen molar-refractivity contribution in [2.24, 2.45) is 0 Å². The molecule has 0 heterocycles. The SMILES string of the molecule is C=C(CCCCCCCCC)OOc1ccccc1. The highest BCUT2D eigenvalue weighted by atomic mass is 17.2. The summed E-state index contributed by atoms with van der Waals surface area (Å²) in [5.74, 6) is 1.42. The highest BCUT2D eigenvalue weighted by molar-refractivity contribution is 5.20. The standard InChI is InChI=1S/C17H26O2/c1-3-4-5-6-7-8-10-13-16(2)18-19-17-14-11-9-12-15-17/h9,11-12,14-15H,2-8,10,13H2,1H3. The smallest absolute Gasteiger partial charge is 0.178 e. The maximum atomic E-state index is 5.18. The molecule has 2 nitrogen and oxygen atoms in total. The fourth-order valence-corrected chi connectivity index (χ4v) is 1.90. The van der Waals surface area contributed by atoms with Crippen LogP contribution < -0.4 is 4.89 Å². The van der Waals surface area contributed by atoms with Gasteiger partial charge in [-0.25, -0.2) is 0 Å². The fourth-order valence-electron chi connectivity index (χ4n) is 1.90. The molecule has 0 unspecified atom stereocenters. The highest BCUT2D eigenvalue weighted by Crippen LogP contribution is 2.15. The van der Waals surface area contributed by atoms with Crippen molar-refractivity contribution in [2.45, 2.75) is 58.3 Å². The van der Waals surface area contributed by atoms with Crippen molar-refractivity contribution in [3.63, 3.8) is 0 Å². The van der Waals surface area contributed by atoms with E-state index < -0.39 is 0 Å². The predicted octanol–water partition coefficient (Wildman–Crippen LogP) is 5.65. The summed E-state index contributed by atoms with van der Waals surface area (Å²) in [6.45, 7) is 6.11. The molecule has 0 aliphatic carbocycles. The summed E-state index contributed by atoms with van der Waals surface area (Å²) in [5, 5.41) is 0. The Morgan fingerprint density at radius 3 is 2.26 bits per heavy atom. The summed E-state index contributed by atoms with van der Waals surface area (Å²) in [6.07, 6.45) is 9.95. The molecule has 0 saturated carbocycles. The number of hydrogen-bond donors (Lipinski definition) is 0. The lowest BCUT2D eigenvalue weighted by Crippen LogP contribution is -1.96. The van der Waals surface area contributed by atoms with Crippen molar-refractivity contribution in [1.29, 1.82) is 0 Å². The molecule has 0 fully saturated rings. The van der Waals surface area contributed by atoms with Gasteiger partial charge in [-0.2, -0.15) is 0 Å². The number of rotatable bonds is 11. The minimum Gasteiger partial charge on any atom is -0.295 e. The average Bonchev–Trinajstić information content (AvgIpc) is 2.45. The number of para-hydroxylation sites is 1. The van der Waals surface area contributed by atoms with Gasteiger partial charge in [-0.1, -0.05) is 70.2 Å². The van der Waals surface area contributed by atoms with Gasteiger partial charge in [0.05, 0.1) is 0 Å². The van der Waals surface area contributed by atoms with Crippen LogP contribution in [-0.2, 0) is 4.89 Å². The van der Waals surface area contributed by atoms with Gasteiger partial charge >= 0.3 is 0 Å². The van der Waals surface area contributed by atoms with Crippen LogP contribution >= 0.6 is 0 Å². The first-order chi connectivity index (χ1) is 9.33. The quantitative estimate of drug-likeness (QED) is 0.222. The number of benzene rings is 1. The van der Waals surface area contributed by atoms with Gasteiger partial charge in [-0.3, -0.25) is 9.78 Å². The van der Waals surface area contributed by atoms with Crippen LogP contribution in [0, 0.1) is 0 Å². The maximum absolute atomic E-state index is 5.18. The maximum Gasteiger partial charge on any atom is 0.178 e. The van der Waals surface area contributed by atoms with Gasteiger partial charge in [0.2, 0.25) is 0 Å². The fraction of sp³-hybridized carbons (Fsp3) is 0.529. The summed E-state index contributed by atoms with van der Waals surface area (Å²) >= 11 is 0. The van der Waals surface area contributed by atoms with Gasteiger partial charge < -0.3 is 0 Å². The topological polar surface area (TPSA) is 18.5 Å². The summed E-state index contributed by atoms with van der Waals surface area (Å²) in [5.41, 5.74) is 0. The van der Waals surface area contributed by atoms with E-state index in [1.165, 1.54) is 38.5 Å². The Balaban J connectivity index is 1.96. The van der Waals surface area contributed by atoms with Crippen molar-refractivity contribution >= 4 is 0 Å². The molecule has 0 aliphatic rings. The molecule has 2 heteroatoms. The Morgan fingerprint density at radius 2 is 1.58 bits per heavy atom. The minimum atomic E-state index is 0.706. The zero-order valence-corrected chi connectivity index (χ0v) is 12.1. The molecule has 19 heavy (non-hydrogen) atoms. The lowest BCUT2D eigenvalue weighted by Gasteiger charge is -2.07. The van der Waals surface area contributed by atoms with Crippen LogP contribution in [0.15, 0.2) is 42.7 Å². The Labute approximate surface area is 117 Å². The van der Waals surface area contributed by atoms with Crippen molar-refractivity contribution < 1.29 is 9.78 Å². The summed E-state index contributed by atoms with van der Waals surface area (Å²) in [7, 11) is 0. The van der Waals surface area contributed by atoms with E-state index in [1.807, 2.05) is 30.3 Å². The molecule has 1 aromatic carbocycles. The zero-order chi connectivity index (χ0) is 13.8. The highest BCUT2D eigenvalue weighted by Gasteiger charge is 1.99. The third kappa shape index (κ3) is 8.30. The first kappa shape index (κ1) is 15.6. The largest absolute Gasteiger partial charge is 0.295 e. The average molecular weight is 262 g/mol. The van der Waals surface area contributed by atoms with Crippen LogP contribution in [0.1, 0.15) is 58.3 Å². The molecular formula is C17H26O2. The summed E-state index contributed by atoms with van der Waals surface area (Å²) in [6, 6.07) is 9.50. The molecule has 0 atom stereocenters. The predicted molar refractivity (Wildman–Crippen MR) is 79.9 cm³/mol. The molecule has 1 rings (SSSR count). The van der Waals surface area contributed by atoms with Crippen molar-refractivity contribution in [2.75, 3.05) is 0 Å². The molecule has 0 N–H and O–H groups in total. The van der Waals surface area contributed by atoms with Crippen LogP contribution in [0.5, 0.6) is 5.75 Å². The van der Waals surface area contributed by atoms with Crippen molar-refractivity contribution in [3.05, 3.63) is 42.7 Å². The van der Waals surface area contributed by atoms with E-state index in [2.05, 4.69) is 13.5 Å². The van der Waals surface area contributed by atoms with E-state index in [-0.39, 0.29) is 0 Å². The second-order valence-electron chi connectivity index (χ2n) is 4.89. The summed E-state index contributed by atoms with van der Waals surface area (Å²) < 4.78 is 0. The number of hydrogen-bond acceptors (Lipinski definition) is 2. The van der Waals surface area contributed by atoms with Crippen LogP contribution in [-0.4, -0.2) is 0 Å². The molecule has 0 aromatic heterocycles. The van der Waals surface area contributed by atoms with Crippen molar-refractivity contribution in [1.82, 2.24) is 0 Å². The van der Waals surface area contributed by atoms with Gasteiger partial charge in [-0.15, -0.1) is 0 Å². The van der Waals surface area contributed by atoms with Gasteiger partial charge in [-0.05, 0) is 18.6 Å². The van der Waals surface area contributed by atoms with E-state index in [1.54, 1.807) is 0 Å².